The van der Waals surface area contributed by atoms with Crippen molar-refractivity contribution < 1.29 is 14.6 Å². The predicted octanol–water partition coefficient (Wildman–Crippen LogP) is 2.80. The average Bonchev–Trinajstić information content (AvgIpc) is 2.65. The highest BCUT2D eigenvalue weighted by atomic mass is 16.5. The minimum Gasteiger partial charge on any atom is -0.504 e. The minimum atomic E-state index is -0.0388. The Hall–Kier alpha value is -2.53. The highest BCUT2D eigenvalue weighted by molar-refractivity contribution is 5.78. The summed E-state index contributed by atoms with van der Waals surface area (Å²) in [6.45, 7) is 1.41. The standard InChI is InChI=1S/C21H28N2O3/c22-12-14-26-20-11-10-18(15-19(20)24)16-21(25)23-13-6-2-5-9-17-7-3-1-4-8-17/h1,3-4,7-8,10-11,15,24H,2,5-6,9,12-14,16,22H2,(H,23,25). The van der Waals surface area contributed by atoms with Crippen LogP contribution in [0.25, 0.3) is 0 Å². The number of aryl methyl sites for hydroxylation is 1. The van der Waals surface area contributed by atoms with E-state index in [4.69, 9.17) is 10.5 Å². The van der Waals surface area contributed by atoms with Gasteiger partial charge in [0.15, 0.2) is 11.5 Å². The molecule has 0 fully saturated rings. The molecule has 2 rings (SSSR count). The Bertz CT molecular complexity index is 674. The van der Waals surface area contributed by atoms with E-state index in [0.29, 0.717) is 25.4 Å². The molecule has 5 nitrogen and oxygen atoms in total. The van der Waals surface area contributed by atoms with Gasteiger partial charge in [-0.3, -0.25) is 4.79 Å². The quantitative estimate of drug-likeness (QED) is 0.541. The van der Waals surface area contributed by atoms with E-state index in [1.54, 1.807) is 18.2 Å². The van der Waals surface area contributed by atoms with Crippen LogP contribution in [0.2, 0.25) is 0 Å². The molecule has 0 bridgehead atoms. The van der Waals surface area contributed by atoms with Gasteiger partial charge >= 0.3 is 0 Å². The molecule has 0 aliphatic carbocycles. The number of unbranched alkanes of at least 4 members (excludes halogenated alkanes) is 2. The monoisotopic (exact) mass is 356 g/mol. The zero-order chi connectivity index (χ0) is 18.6. The molecule has 0 radical (unpaired) electrons. The van der Waals surface area contributed by atoms with Crippen molar-refractivity contribution >= 4 is 5.91 Å². The maximum absolute atomic E-state index is 12.0. The first-order valence-electron chi connectivity index (χ1n) is 9.14. The van der Waals surface area contributed by atoms with Gasteiger partial charge in [0.25, 0.3) is 0 Å². The summed E-state index contributed by atoms with van der Waals surface area (Å²) in [7, 11) is 0. The van der Waals surface area contributed by atoms with Gasteiger partial charge in [0, 0.05) is 13.1 Å². The van der Waals surface area contributed by atoms with Crippen molar-refractivity contribution in [2.24, 2.45) is 5.73 Å². The Morgan fingerprint density at radius 3 is 2.58 bits per heavy atom. The zero-order valence-corrected chi connectivity index (χ0v) is 15.1. The number of amides is 1. The summed E-state index contributed by atoms with van der Waals surface area (Å²) in [4.78, 5) is 12.0. The molecule has 1 amide bonds. The molecule has 0 unspecified atom stereocenters. The van der Waals surface area contributed by atoms with E-state index in [1.165, 1.54) is 5.56 Å². The first kappa shape index (κ1) is 19.8. The zero-order valence-electron chi connectivity index (χ0n) is 15.1. The van der Waals surface area contributed by atoms with E-state index in [0.717, 1.165) is 31.2 Å². The maximum Gasteiger partial charge on any atom is 0.224 e. The Kier molecular flexibility index (Phi) is 8.49. The molecule has 5 heteroatoms. The van der Waals surface area contributed by atoms with Crippen molar-refractivity contribution in [3.8, 4) is 11.5 Å². The Morgan fingerprint density at radius 2 is 1.85 bits per heavy atom. The topological polar surface area (TPSA) is 84.6 Å². The third kappa shape index (κ3) is 7.15. The van der Waals surface area contributed by atoms with Gasteiger partial charge in [-0.25, -0.2) is 0 Å². The van der Waals surface area contributed by atoms with Crippen molar-refractivity contribution in [3.63, 3.8) is 0 Å². The van der Waals surface area contributed by atoms with Crippen molar-refractivity contribution in [1.29, 1.82) is 0 Å². The second-order valence-electron chi connectivity index (χ2n) is 6.26. The van der Waals surface area contributed by atoms with E-state index >= 15 is 0 Å². The molecule has 0 atom stereocenters. The van der Waals surface area contributed by atoms with Gasteiger partial charge in [-0.2, -0.15) is 0 Å². The summed E-state index contributed by atoms with van der Waals surface area (Å²) >= 11 is 0. The van der Waals surface area contributed by atoms with Gasteiger partial charge in [0.05, 0.1) is 6.42 Å². The Labute approximate surface area is 155 Å². The molecule has 0 aliphatic rings. The lowest BCUT2D eigenvalue weighted by atomic mass is 10.1. The van der Waals surface area contributed by atoms with Crippen LogP contribution in [0, 0.1) is 0 Å². The van der Waals surface area contributed by atoms with Gasteiger partial charge in [0.2, 0.25) is 5.91 Å². The van der Waals surface area contributed by atoms with Crippen LogP contribution in [0.3, 0.4) is 0 Å². The summed E-state index contributed by atoms with van der Waals surface area (Å²) < 4.78 is 5.30. The van der Waals surface area contributed by atoms with Crippen LogP contribution >= 0.6 is 0 Å². The van der Waals surface area contributed by atoms with Gasteiger partial charge in [-0.15, -0.1) is 0 Å². The summed E-state index contributed by atoms with van der Waals surface area (Å²) in [6.07, 6.45) is 4.50. The Balaban J connectivity index is 1.62. The highest BCUT2D eigenvalue weighted by Gasteiger charge is 2.07. The maximum atomic E-state index is 12.0. The van der Waals surface area contributed by atoms with Crippen molar-refractivity contribution in [3.05, 3.63) is 59.7 Å². The second-order valence-corrected chi connectivity index (χ2v) is 6.26. The molecule has 0 saturated carbocycles. The van der Waals surface area contributed by atoms with Crippen LogP contribution in [0.1, 0.15) is 30.4 Å². The lowest BCUT2D eigenvalue weighted by Gasteiger charge is -2.09. The molecule has 0 aliphatic heterocycles. The highest BCUT2D eigenvalue weighted by Crippen LogP contribution is 2.26. The number of phenols is 1. The van der Waals surface area contributed by atoms with Gasteiger partial charge in [-0.1, -0.05) is 42.8 Å². The van der Waals surface area contributed by atoms with E-state index in [1.807, 2.05) is 6.07 Å². The largest absolute Gasteiger partial charge is 0.504 e. The first-order chi connectivity index (χ1) is 12.7. The number of carbonyl (C=O) groups excluding carboxylic acids is 1. The van der Waals surface area contributed by atoms with Crippen LogP contribution in [0.5, 0.6) is 11.5 Å². The number of ether oxygens (including phenoxy) is 1. The SMILES string of the molecule is NCCOc1ccc(CC(=O)NCCCCCc2ccccc2)cc1O. The number of benzene rings is 2. The van der Waals surface area contributed by atoms with Crippen molar-refractivity contribution in [1.82, 2.24) is 5.32 Å². The fourth-order valence-corrected chi connectivity index (χ4v) is 2.72. The smallest absolute Gasteiger partial charge is 0.224 e. The second kappa shape index (κ2) is 11.2. The predicted molar refractivity (Wildman–Crippen MR) is 103 cm³/mol. The Morgan fingerprint density at radius 1 is 1.04 bits per heavy atom. The van der Waals surface area contributed by atoms with Crippen LogP contribution in [-0.2, 0) is 17.6 Å². The summed E-state index contributed by atoms with van der Waals surface area (Å²) in [5.41, 5.74) is 7.48. The molecule has 4 N–H and O–H groups in total. The minimum absolute atomic E-state index is 0.0321. The molecule has 26 heavy (non-hydrogen) atoms. The van der Waals surface area contributed by atoms with Crippen molar-refractivity contribution in [2.75, 3.05) is 19.7 Å². The van der Waals surface area contributed by atoms with E-state index in [9.17, 15) is 9.90 Å². The number of aromatic hydroxyl groups is 1. The van der Waals surface area contributed by atoms with E-state index < -0.39 is 0 Å². The van der Waals surface area contributed by atoms with E-state index in [2.05, 4.69) is 29.6 Å². The summed E-state index contributed by atoms with van der Waals surface area (Å²) in [5.74, 6) is 0.380. The fourth-order valence-electron chi connectivity index (χ4n) is 2.72. The number of rotatable bonds is 11. The first-order valence-corrected chi connectivity index (χ1v) is 9.14. The number of nitrogens with one attached hydrogen (secondary N) is 1. The van der Waals surface area contributed by atoms with Crippen molar-refractivity contribution in [2.45, 2.75) is 32.1 Å². The normalized spacial score (nSPS) is 10.5. The van der Waals surface area contributed by atoms with Crippen LogP contribution in [0.4, 0.5) is 0 Å². The molecule has 2 aromatic rings. The van der Waals surface area contributed by atoms with Gasteiger partial charge < -0.3 is 20.9 Å². The van der Waals surface area contributed by atoms with E-state index in [-0.39, 0.29) is 18.1 Å². The molecular weight excluding hydrogens is 328 g/mol. The number of hydrogen-bond donors (Lipinski definition) is 3. The molecular formula is C21H28N2O3. The molecule has 2 aromatic carbocycles. The number of hydrogen-bond acceptors (Lipinski definition) is 4. The third-order valence-electron chi connectivity index (χ3n) is 4.07. The lowest BCUT2D eigenvalue weighted by molar-refractivity contribution is -0.120. The van der Waals surface area contributed by atoms with Gasteiger partial charge in [-0.05, 0) is 42.5 Å². The van der Waals surface area contributed by atoms with Crippen LogP contribution < -0.4 is 15.8 Å². The average molecular weight is 356 g/mol. The summed E-state index contributed by atoms with van der Waals surface area (Å²) in [6, 6.07) is 15.4. The molecule has 140 valence electrons. The third-order valence-corrected chi connectivity index (χ3v) is 4.07. The van der Waals surface area contributed by atoms with Crippen LogP contribution in [-0.4, -0.2) is 30.7 Å². The number of carbonyl (C=O) groups is 1. The molecule has 0 spiro atoms. The van der Waals surface area contributed by atoms with Crippen LogP contribution in [0.15, 0.2) is 48.5 Å². The summed E-state index contributed by atoms with van der Waals surface area (Å²) in [5, 5.41) is 12.8. The lowest BCUT2D eigenvalue weighted by Crippen LogP contribution is -2.26. The number of phenolic OH excluding ortho intramolecular Hbond substituents is 1. The fraction of sp³-hybridized carbons (Fsp3) is 0.381. The molecule has 0 aromatic heterocycles. The van der Waals surface area contributed by atoms with Gasteiger partial charge in [0.1, 0.15) is 6.61 Å². The molecule has 0 heterocycles. The number of nitrogens with two attached hydrogens (primary N) is 1. The molecule has 0 saturated heterocycles.